The number of amidine groups is 1. The minimum atomic E-state index is 0.00560. The number of oxime groups is 1. The molecule has 0 spiro atoms. The molecule has 1 unspecified atom stereocenters. The van der Waals surface area contributed by atoms with Gasteiger partial charge in [-0.25, -0.2) is 0 Å². The fourth-order valence-electron chi connectivity index (χ4n) is 0.893. The van der Waals surface area contributed by atoms with E-state index in [0.717, 1.165) is 6.42 Å². The number of methoxy groups -OCH3 is 1. The lowest BCUT2D eigenvalue weighted by Crippen LogP contribution is -2.23. The Morgan fingerprint density at radius 1 is 1.54 bits per heavy atom. The summed E-state index contributed by atoms with van der Waals surface area (Å²) in [5, 5.41) is 11.2. The first-order valence-electron chi connectivity index (χ1n) is 4.31. The summed E-state index contributed by atoms with van der Waals surface area (Å²) in [5.41, 5.74) is 5.34. The summed E-state index contributed by atoms with van der Waals surface area (Å²) < 4.78 is 10.2. The number of nitrogens with zero attached hydrogens (tertiary/aromatic N) is 1. The lowest BCUT2D eigenvalue weighted by molar-refractivity contribution is 0.0188. The van der Waals surface area contributed by atoms with Gasteiger partial charge in [0.1, 0.15) is 5.84 Å². The van der Waals surface area contributed by atoms with E-state index in [-0.39, 0.29) is 11.9 Å². The predicted molar refractivity (Wildman–Crippen MR) is 49.9 cm³/mol. The topological polar surface area (TPSA) is 77.1 Å². The van der Waals surface area contributed by atoms with Crippen LogP contribution >= 0.6 is 0 Å². The van der Waals surface area contributed by atoms with Crippen LogP contribution in [0.1, 0.15) is 19.8 Å². The van der Waals surface area contributed by atoms with Crippen molar-refractivity contribution < 1.29 is 14.7 Å². The van der Waals surface area contributed by atoms with Gasteiger partial charge in [0.15, 0.2) is 0 Å². The third-order valence-electron chi connectivity index (χ3n) is 1.66. The van der Waals surface area contributed by atoms with Crippen molar-refractivity contribution >= 4 is 5.84 Å². The Bertz CT molecular complexity index is 150. The molecule has 1 atom stereocenters. The second-order valence-electron chi connectivity index (χ2n) is 2.69. The van der Waals surface area contributed by atoms with Crippen molar-refractivity contribution in [1.29, 1.82) is 0 Å². The fraction of sp³-hybridized carbons (Fsp3) is 0.875. The first-order chi connectivity index (χ1) is 6.24. The summed E-state index contributed by atoms with van der Waals surface area (Å²) in [6.07, 6.45) is 1.29. The highest BCUT2D eigenvalue weighted by atomic mass is 16.5. The Morgan fingerprint density at radius 2 is 2.23 bits per heavy atom. The molecule has 0 bridgehead atoms. The van der Waals surface area contributed by atoms with Gasteiger partial charge in [-0.05, 0) is 6.42 Å². The smallest absolute Gasteiger partial charge is 0.141 e. The molecule has 0 saturated carbocycles. The molecule has 0 aromatic rings. The molecule has 3 N–H and O–H groups in total. The molecule has 5 heteroatoms. The van der Waals surface area contributed by atoms with E-state index in [2.05, 4.69) is 5.16 Å². The van der Waals surface area contributed by atoms with Crippen LogP contribution in [-0.4, -0.2) is 37.5 Å². The van der Waals surface area contributed by atoms with Crippen LogP contribution in [-0.2, 0) is 9.47 Å². The molecule has 0 rings (SSSR count). The maximum atomic E-state index is 8.33. The molecule has 0 fully saturated rings. The number of hydrogen-bond donors (Lipinski definition) is 2. The van der Waals surface area contributed by atoms with Gasteiger partial charge in [-0.15, -0.1) is 0 Å². The molecule has 0 heterocycles. The highest BCUT2D eigenvalue weighted by Gasteiger charge is 2.08. The Balaban J connectivity index is 3.63. The second kappa shape index (κ2) is 7.82. The van der Waals surface area contributed by atoms with Crippen molar-refractivity contribution in [3.63, 3.8) is 0 Å². The SMILES string of the molecule is CCC(C/C(N)=N/O)OCCOC. The van der Waals surface area contributed by atoms with Crippen LogP contribution in [0.25, 0.3) is 0 Å². The Morgan fingerprint density at radius 3 is 2.69 bits per heavy atom. The third-order valence-corrected chi connectivity index (χ3v) is 1.66. The van der Waals surface area contributed by atoms with E-state index in [1.54, 1.807) is 7.11 Å². The summed E-state index contributed by atoms with van der Waals surface area (Å²) in [4.78, 5) is 0. The molecule has 78 valence electrons. The van der Waals surface area contributed by atoms with Gasteiger partial charge in [-0.2, -0.15) is 0 Å². The van der Waals surface area contributed by atoms with Gasteiger partial charge < -0.3 is 20.4 Å². The summed E-state index contributed by atoms with van der Waals surface area (Å²) in [6.45, 7) is 3.09. The summed E-state index contributed by atoms with van der Waals surface area (Å²) in [5.74, 6) is 0.198. The standard InChI is InChI=1S/C8H18N2O3/c1-3-7(6-8(9)10-11)13-5-4-12-2/h7,11H,3-6H2,1-2H3,(H2,9,10). The van der Waals surface area contributed by atoms with Gasteiger partial charge >= 0.3 is 0 Å². The molecule has 0 aliphatic heterocycles. The van der Waals surface area contributed by atoms with Gasteiger partial charge in [0.05, 0.1) is 19.3 Å². The highest BCUT2D eigenvalue weighted by molar-refractivity contribution is 5.80. The van der Waals surface area contributed by atoms with E-state index in [9.17, 15) is 0 Å². The van der Waals surface area contributed by atoms with Gasteiger partial charge in [0, 0.05) is 13.5 Å². The van der Waals surface area contributed by atoms with E-state index < -0.39 is 0 Å². The highest BCUT2D eigenvalue weighted by Crippen LogP contribution is 2.03. The maximum absolute atomic E-state index is 8.33. The average Bonchev–Trinajstić information content (AvgIpc) is 2.16. The first kappa shape index (κ1) is 12.2. The van der Waals surface area contributed by atoms with Crippen molar-refractivity contribution in [1.82, 2.24) is 0 Å². The van der Waals surface area contributed by atoms with Crippen LogP contribution in [0.4, 0.5) is 0 Å². The zero-order valence-electron chi connectivity index (χ0n) is 8.19. The van der Waals surface area contributed by atoms with E-state index in [1.165, 1.54) is 0 Å². The third kappa shape index (κ3) is 6.36. The number of hydrogen-bond acceptors (Lipinski definition) is 4. The molecule has 0 aromatic carbocycles. The lowest BCUT2D eigenvalue weighted by atomic mass is 10.2. The Labute approximate surface area is 78.5 Å². The average molecular weight is 190 g/mol. The van der Waals surface area contributed by atoms with Crippen molar-refractivity contribution in [2.24, 2.45) is 10.9 Å². The van der Waals surface area contributed by atoms with Gasteiger partial charge in [-0.3, -0.25) is 0 Å². The van der Waals surface area contributed by atoms with Gasteiger partial charge in [0.25, 0.3) is 0 Å². The minimum Gasteiger partial charge on any atom is -0.409 e. The maximum Gasteiger partial charge on any atom is 0.141 e. The zero-order valence-corrected chi connectivity index (χ0v) is 8.19. The molecule has 0 aliphatic rings. The molecule has 0 radical (unpaired) electrons. The Hall–Kier alpha value is -0.810. The van der Waals surface area contributed by atoms with Crippen LogP contribution in [0.3, 0.4) is 0 Å². The number of rotatable bonds is 7. The summed E-state index contributed by atoms with van der Waals surface area (Å²) in [6, 6.07) is 0. The van der Waals surface area contributed by atoms with Gasteiger partial charge in [0.2, 0.25) is 0 Å². The number of ether oxygens (including phenoxy) is 2. The molecule has 0 saturated heterocycles. The zero-order chi connectivity index (χ0) is 10.1. The minimum absolute atomic E-state index is 0.00560. The first-order valence-corrected chi connectivity index (χ1v) is 4.31. The monoisotopic (exact) mass is 190 g/mol. The van der Waals surface area contributed by atoms with E-state index >= 15 is 0 Å². The van der Waals surface area contributed by atoms with E-state index in [0.29, 0.717) is 19.6 Å². The molecular weight excluding hydrogens is 172 g/mol. The predicted octanol–water partition coefficient (Wildman–Crippen LogP) is 0.565. The van der Waals surface area contributed by atoms with Crippen molar-refractivity contribution in [2.45, 2.75) is 25.9 Å². The number of nitrogens with two attached hydrogens (primary N) is 1. The van der Waals surface area contributed by atoms with Crippen LogP contribution in [0.5, 0.6) is 0 Å². The Kier molecular flexibility index (Phi) is 7.33. The molecule has 0 aromatic heterocycles. The summed E-state index contributed by atoms with van der Waals surface area (Å²) in [7, 11) is 1.62. The molecule has 13 heavy (non-hydrogen) atoms. The van der Waals surface area contributed by atoms with Crippen LogP contribution in [0.15, 0.2) is 5.16 Å². The summed E-state index contributed by atoms with van der Waals surface area (Å²) >= 11 is 0. The van der Waals surface area contributed by atoms with E-state index in [1.807, 2.05) is 6.92 Å². The van der Waals surface area contributed by atoms with Gasteiger partial charge in [-0.1, -0.05) is 12.1 Å². The van der Waals surface area contributed by atoms with Crippen LogP contribution in [0.2, 0.25) is 0 Å². The van der Waals surface area contributed by atoms with E-state index in [4.69, 9.17) is 20.4 Å². The van der Waals surface area contributed by atoms with Crippen LogP contribution in [0, 0.1) is 0 Å². The molecule has 0 aliphatic carbocycles. The second-order valence-corrected chi connectivity index (χ2v) is 2.69. The van der Waals surface area contributed by atoms with Crippen molar-refractivity contribution in [3.05, 3.63) is 0 Å². The molecule has 0 amide bonds. The van der Waals surface area contributed by atoms with Crippen molar-refractivity contribution in [2.75, 3.05) is 20.3 Å². The van der Waals surface area contributed by atoms with Crippen LogP contribution < -0.4 is 5.73 Å². The largest absolute Gasteiger partial charge is 0.409 e. The molecule has 5 nitrogen and oxygen atoms in total. The van der Waals surface area contributed by atoms with Crippen molar-refractivity contribution in [3.8, 4) is 0 Å². The lowest BCUT2D eigenvalue weighted by Gasteiger charge is -2.14. The fourth-order valence-corrected chi connectivity index (χ4v) is 0.893. The quantitative estimate of drug-likeness (QED) is 0.202. The molecular formula is C8H18N2O3. The normalized spacial score (nSPS) is 14.5.